The molecular weight excluding hydrogens is 300 g/mol. The van der Waals surface area contributed by atoms with Gasteiger partial charge in [-0.25, -0.2) is 0 Å². The van der Waals surface area contributed by atoms with E-state index in [1.165, 1.54) is 16.7 Å². The van der Waals surface area contributed by atoms with Crippen LogP contribution in [0, 0.1) is 12.3 Å². The molecule has 0 fully saturated rings. The first kappa shape index (κ1) is 18.1. The topological polar surface area (TPSA) is 35.5 Å². The summed E-state index contributed by atoms with van der Waals surface area (Å²) in [4.78, 5) is 11.9. The van der Waals surface area contributed by atoms with E-state index in [1.807, 2.05) is 45.0 Å². The lowest BCUT2D eigenvalue weighted by Gasteiger charge is -2.20. The Labute approximate surface area is 144 Å². The molecule has 0 saturated carbocycles. The van der Waals surface area contributed by atoms with Crippen molar-refractivity contribution in [1.82, 2.24) is 0 Å². The summed E-state index contributed by atoms with van der Waals surface area (Å²) in [6, 6.07) is 16.4. The van der Waals surface area contributed by atoms with E-state index in [2.05, 4.69) is 31.2 Å². The summed E-state index contributed by atoms with van der Waals surface area (Å²) >= 11 is 0. The number of benzene rings is 2. The molecule has 0 heterocycles. The van der Waals surface area contributed by atoms with E-state index >= 15 is 0 Å². The summed E-state index contributed by atoms with van der Waals surface area (Å²) in [5, 5.41) is 0. The van der Waals surface area contributed by atoms with Gasteiger partial charge in [0.15, 0.2) is 0 Å². The molecule has 2 aromatic carbocycles. The summed E-state index contributed by atoms with van der Waals surface area (Å²) in [7, 11) is 0. The van der Waals surface area contributed by atoms with Crippen LogP contribution in [0.3, 0.4) is 0 Å². The molecule has 2 rings (SSSR count). The first-order valence-electron chi connectivity index (χ1n) is 8.35. The predicted molar refractivity (Wildman–Crippen MR) is 96.1 cm³/mol. The largest absolute Gasteiger partial charge is 0.457 e. The molecule has 0 aromatic heterocycles. The van der Waals surface area contributed by atoms with Crippen molar-refractivity contribution in [3.05, 3.63) is 65.2 Å². The molecule has 0 unspecified atom stereocenters. The molecule has 0 aliphatic carbocycles. The maximum atomic E-state index is 11.9. The number of esters is 1. The molecule has 0 aliphatic rings. The lowest BCUT2D eigenvalue weighted by Crippen LogP contribution is -2.27. The molecule has 0 N–H and O–H groups in total. The first-order chi connectivity index (χ1) is 11.4. The third kappa shape index (κ3) is 5.12. The van der Waals surface area contributed by atoms with Crippen molar-refractivity contribution < 1.29 is 14.3 Å². The molecule has 0 saturated heterocycles. The van der Waals surface area contributed by atoms with Crippen molar-refractivity contribution in [3.8, 4) is 5.75 Å². The molecule has 0 bridgehead atoms. The highest BCUT2D eigenvalue weighted by molar-refractivity contribution is 5.75. The van der Waals surface area contributed by atoms with Crippen LogP contribution < -0.4 is 4.74 Å². The van der Waals surface area contributed by atoms with Crippen LogP contribution in [0.2, 0.25) is 0 Å². The summed E-state index contributed by atoms with van der Waals surface area (Å²) in [5.41, 5.74) is 3.30. The molecule has 2 aromatic rings. The van der Waals surface area contributed by atoms with E-state index in [9.17, 15) is 4.79 Å². The maximum absolute atomic E-state index is 11.9. The Kier molecular flexibility index (Phi) is 6.02. The standard InChI is InChI=1S/C21H26O3/c1-5-21(3,4)20(22)24-15-23-19-12-10-18(11-13-19)14-17-8-6-16(2)7-9-17/h6-13H,5,14-15H2,1-4H3. The van der Waals surface area contributed by atoms with Gasteiger partial charge in [-0.1, -0.05) is 48.9 Å². The second kappa shape index (κ2) is 8.00. The smallest absolute Gasteiger partial charge is 0.314 e. The highest BCUT2D eigenvalue weighted by Crippen LogP contribution is 2.22. The molecule has 0 atom stereocenters. The van der Waals surface area contributed by atoms with Crippen LogP contribution in [0.5, 0.6) is 5.75 Å². The van der Waals surface area contributed by atoms with E-state index in [0.717, 1.165) is 12.8 Å². The molecule has 24 heavy (non-hydrogen) atoms. The lowest BCUT2D eigenvalue weighted by atomic mass is 9.91. The molecule has 0 radical (unpaired) electrons. The highest BCUT2D eigenvalue weighted by atomic mass is 16.7. The SMILES string of the molecule is CCC(C)(C)C(=O)OCOc1ccc(Cc2ccc(C)cc2)cc1. The van der Waals surface area contributed by atoms with Crippen molar-refractivity contribution in [2.24, 2.45) is 5.41 Å². The second-order valence-electron chi connectivity index (χ2n) is 6.74. The van der Waals surface area contributed by atoms with Crippen molar-refractivity contribution in [3.63, 3.8) is 0 Å². The Morgan fingerprint density at radius 1 is 0.958 bits per heavy atom. The minimum atomic E-state index is -0.471. The first-order valence-corrected chi connectivity index (χ1v) is 8.35. The van der Waals surface area contributed by atoms with E-state index in [0.29, 0.717) is 5.75 Å². The zero-order chi connectivity index (χ0) is 17.6. The van der Waals surface area contributed by atoms with Crippen LogP contribution >= 0.6 is 0 Å². The van der Waals surface area contributed by atoms with Gasteiger partial charge in [0, 0.05) is 0 Å². The number of hydrogen-bond acceptors (Lipinski definition) is 3. The average Bonchev–Trinajstić information content (AvgIpc) is 2.58. The fourth-order valence-electron chi connectivity index (χ4n) is 2.14. The third-order valence-electron chi connectivity index (χ3n) is 4.30. The Morgan fingerprint density at radius 3 is 2.04 bits per heavy atom. The number of hydrogen-bond donors (Lipinski definition) is 0. The number of ether oxygens (including phenoxy) is 2. The third-order valence-corrected chi connectivity index (χ3v) is 4.30. The van der Waals surface area contributed by atoms with Crippen LogP contribution in [0.15, 0.2) is 48.5 Å². The molecule has 0 amide bonds. The number of rotatable bonds is 7. The highest BCUT2D eigenvalue weighted by Gasteiger charge is 2.27. The zero-order valence-corrected chi connectivity index (χ0v) is 15.0. The fraction of sp³-hybridized carbons (Fsp3) is 0.381. The van der Waals surface area contributed by atoms with Crippen LogP contribution in [0.25, 0.3) is 0 Å². The van der Waals surface area contributed by atoms with E-state index in [-0.39, 0.29) is 12.8 Å². The van der Waals surface area contributed by atoms with Gasteiger partial charge >= 0.3 is 5.97 Å². The minimum Gasteiger partial charge on any atom is -0.457 e. The number of carbonyl (C=O) groups is 1. The number of aryl methyl sites for hydroxylation is 1. The molecule has 3 nitrogen and oxygen atoms in total. The Balaban J connectivity index is 1.84. The van der Waals surface area contributed by atoms with Gasteiger partial charge in [0.2, 0.25) is 6.79 Å². The maximum Gasteiger partial charge on any atom is 0.314 e. The molecule has 0 spiro atoms. The van der Waals surface area contributed by atoms with Crippen LogP contribution in [0.4, 0.5) is 0 Å². The van der Waals surface area contributed by atoms with Crippen LogP contribution in [-0.4, -0.2) is 12.8 Å². The van der Waals surface area contributed by atoms with Gasteiger partial charge in [-0.15, -0.1) is 0 Å². The van der Waals surface area contributed by atoms with Crippen molar-refractivity contribution in [1.29, 1.82) is 0 Å². The second-order valence-corrected chi connectivity index (χ2v) is 6.74. The Bertz CT molecular complexity index is 654. The van der Waals surface area contributed by atoms with Gasteiger partial charge in [0.05, 0.1) is 5.41 Å². The normalized spacial score (nSPS) is 11.2. The summed E-state index contributed by atoms with van der Waals surface area (Å²) < 4.78 is 10.7. The predicted octanol–water partition coefficient (Wildman–Crippen LogP) is 4.90. The van der Waals surface area contributed by atoms with Crippen molar-refractivity contribution in [2.75, 3.05) is 6.79 Å². The lowest BCUT2D eigenvalue weighted by molar-refractivity contribution is -0.160. The quantitative estimate of drug-likeness (QED) is 0.536. The van der Waals surface area contributed by atoms with Crippen molar-refractivity contribution in [2.45, 2.75) is 40.5 Å². The summed E-state index contributed by atoms with van der Waals surface area (Å²) in [6.45, 7) is 7.74. The Hall–Kier alpha value is -2.29. The van der Waals surface area contributed by atoms with Gasteiger partial charge in [0.25, 0.3) is 0 Å². The monoisotopic (exact) mass is 326 g/mol. The average molecular weight is 326 g/mol. The van der Waals surface area contributed by atoms with Crippen LogP contribution in [0.1, 0.15) is 43.9 Å². The molecular formula is C21H26O3. The van der Waals surface area contributed by atoms with Gasteiger partial charge < -0.3 is 9.47 Å². The number of carbonyl (C=O) groups excluding carboxylic acids is 1. The van der Waals surface area contributed by atoms with E-state index < -0.39 is 5.41 Å². The molecule has 0 aliphatic heterocycles. The van der Waals surface area contributed by atoms with Gasteiger partial charge in [-0.2, -0.15) is 0 Å². The summed E-state index contributed by atoms with van der Waals surface area (Å²) in [6.07, 6.45) is 1.62. The fourth-order valence-corrected chi connectivity index (χ4v) is 2.14. The zero-order valence-electron chi connectivity index (χ0n) is 15.0. The summed E-state index contributed by atoms with van der Waals surface area (Å²) in [5.74, 6) is 0.464. The van der Waals surface area contributed by atoms with Gasteiger partial charge in [0.1, 0.15) is 5.75 Å². The van der Waals surface area contributed by atoms with Gasteiger partial charge in [-0.05, 0) is 56.9 Å². The molecule has 128 valence electrons. The van der Waals surface area contributed by atoms with E-state index in [1.54, 1.807) is 0 Å². The van der Waals surface area contributed by atoms with E-state index in [4.69, 9.17) is 9.47 Å². The molecule has 3 heteroatoms. The Morgan fingerprint density at radius 2 is 1.50 bits per heavy atom. The van der Waals surface area contributed by atoms with Crippen LogP contribution in [-0.2, 0) is 16.0 Å². The minimum absolute atomic E-state index is 0.0560. The van der Waals surface area contributed by atoms with Crippen molar-refractivity contribution >= 4 is 5.97 Å². The van der Waals surface area contributed by atoms with Gasteiger partial charge in [-0.3, -0.25) is 4.79 Å².